The van der Waals surface area contributed by atoms with Crippen LogP contribution in [0.4, 0.5) is 4.39 Å². The summed E-state index contributed by atoms with van der Waals surface area (Å²) in [7, 11) is 0. The van der Waals surface area contributed by atoms with Crippen molar-refractivity contribution < 1.29 is 9.13 Å². The van der Waals surface area contributed by atoms with Gasteiger partial charge in [-0.3, -0.25) is 0 Å². The highest BCUT2D eigenvalue weighted by molar-refractivity contribution is 5.43. The van der Waals surface area contributed by atoms with Crippen LogP contribution in [0.3, 0.4) is 0 Å². The van der Waals surface area contributed by atoms with Gasteiger partial charge in [-0.1, -0.05) is 19.9 Å². The van der Waals surface area contributed by atoms with Gasteiger partial charge in [-0.15, -0.1) is 0 Å². The molecular formula is C17H20FNO. The van der Waals surface area contributed by atoms with Gasteiger partial charge in [-0.05, 0) is 54.6 Å². The van der Waals surface area contributed by atoms with Gasteiger partial charge in [0.1, 0.15) is 23.2 Å². The van der Waals surface area contributed by atoms with Crippen LogP contribution in [0.5, 0.6) is 5.75 Å². The topological polar surface area (TPSA) is 33.0 Å². The molecule has 2 unspecified atom stereocenters. The highest BCUT2D eigenvalue weighted by Crippen LogP contribution is 2.61. The first-order chi connectivity index (χ1) is 9.54. The second-order valence-electron chi connectivity index (χ2n) is 6.73. The Morgan fingerprint density at radius 3 is 2.85 bits per heavy atom. The van der Waals surface area contributed by atoms with Crippen LogP contribution < -0.4 is 4.74 Å². The first kappa shape index (κ1) is 13.4. The van der Waals surface area contributed by atoms with Gasteiger partial charge in [0.05, 0.1) is 6.61 Å². The minimum absolute atomic E-state index is 0.0223. The minimum atomic E-state index is -0.502. The highest BCUT2D eigenvalue weighted by Gasteiger charge is 2.54. The molecule has 106 valence electrons. The van der Waals surface area contributed by atoms with E-state index in [1.165, 1.54) is 25.3 Å². The summed E-state index contributed by atoms with van der Waals surface area (Å²) in [4.78, 5) is 0. The highest BCUT2D eigenvalue weighted by atomic mass is 19.1. The lowest BCUT2D eigenvalue weighted by atomic mass is 9.46. The molecular weight excluding hydrogens is 253 g/mol. The molecule has 2 bridgehead atoms. The Labute approximate surface area is 119 Å². The number of fused-ring (bicyclic) bond motifs is 2. The number of nitrogens with zero attached hydrogens (tertiary/aromatic N) is 1. The summed E-state index contributed by atoms with van der Waals surface area (Å²) in [6.07, 6.45) is 3.76. The maximum Gasteiger partial charge on any atom is 0.144 e. The van der Waals surface area contributed by atoms with Gasteiger partial charge in [-0.25, -0.2) is 4.39 Å². The van der Waals surface area contributed by atoms with Crippen molar-refractivity contribution in [3.8, 4) is 11.8 Å². The summed E-state index contributed by atoms with van der Waals surface area (Å²) >= 11 is 0. The number of halogens is 1. The van der Waals surface area contributed by atoms with E-state index in [1.807, 2.05) is 6.07 Å². The van der Waals surface area contributed by atoms with Crippen LogP contribution in [-0.4, -0.2) is 6.61 Å². The monoisotopic (exact) mass is 273 g/mol. The second kappa shape index (κ2) is 4.77. The Balaban J connectivity index is 1.69. The third kappa shape index (κ3) is 1.98. The maximum atomic E-state index is 13.5. The molecule has 3 saturated carbocycles. The number of benzene rings is 1. The Morgan fingerprint density at radius 2 is 2.20 bits per heavy atom. The number of nitriles is 1. The zero-order valence-corrected chi connectivity index (χ0v) is 12.0. The van der Waals surface area contributed by atoms with Gasteiger partial charge in [0, 0.05) is 0 Å². The van der Waals surface area contributed by atoms with Gasteiger partial charge in [-0.2, -0.15) is 5.26 Å². The van der Waals surface area contributed by atoms with Gasteiger partial charge >= 0.3 is 0 Å². The van der Waals surface area contributed by atoms with Crippen molar-refractivity contribution in [1.29, 1.82) is 5.26 Å². The molecule has 3 aliphatic carbocycles. The zero-order chi connectivity index (χ0) is 14.3. The lowest BCUT2D eigenvalue weighted by Crippen LogP contribution is -2.53. The fraction of sp³-hybridized carbons (Fsp3) is 0.588. The van der Waals surface area contributed by atoms with E-state index in [1.54, 1.807) is 12.1 Å². The van der Waals surface area contributed by atoms with Crippen molar-refractivity contribution >= 4 is 0 Å². The van der Waals surface area contributed by atoms with E-state index in [4.69, 9.17) is 10.00 Å². The van der Waals surface area contributed by atoms with Crippen LogP contribution in [-0.2, 0) is 0 Å². The molecule has 3 aliphatic rings. The fourth-order valence-electron chi connectivity index (χ4n) is 4.09. The molecule has 0 N–H and O–H groups in total. The molecule has 0 heterocycles. The van der Waals surface area contributed by atoms with Gasteiger partial charge < -0.3 is 4.74 Å². The third-order valence-corrected chi connectivity index (χ3v) is 5.54. The molecule has 0 aliphatic heterocycles. The largest absolute Gasteiger partial charge is 0.492 e. The fourth-order valence-corrected chi connectivity index (χ4v) is 4.09. The molecule has 1 aromatic rings. The van der Waals surface area contributed by atoms with Crippen molar-refractivity contribution in [2.45, 2.75) is 33.1 Å². The maximum absolute atomic E-state index is 13.5. The van der Waals surface area contributed by atoms with E-state index in [-0.39, 0.29) is 5.56 Å². The van der Waals surface area contributed by atoms with E-state index in [2.05, 4.69) is 13.8 Å². The van der Waals surface area contributed by atoms with E-state index >= 15 is 0 Å². The molecule has 0 amide bonds. The molecule has 2 nitrogen and oxygen atoms in total. The zero-order valence-electron chi connectivity index (χ0n) is 12.0. The molecule has 1 aromatic carbocycles. The standard InChI is InChI=1S/C17H20FNO/c1-17(2)12-7-6-11(14(17)8-12)10-20-16-5-3-4-15(18)13(16)9-19/h3-5,11-12,14H,6-8,10H2,1-2H3/t11?,12?,14-/m1/s1. The van der Waals surface area contributed by atoms with Crippen molar-refractivity contribution in [1.82, 2.24) is 0 Å². The second-order valence-corrected chi connectivity index (χ2v) is 6.73. The van der Waals surface area contributed by atoms with Crippen molar-refractivity contribution in [3.05, 3.63) is 29.6 Å². The lowest BCUT2D eigenvalue weighted by molar-refractivity contribution is -0.114. The average Bonchev–Trinajstić information content (AvgIpc) is 2.45. The summed E-state index contributed by atoms with van der Waals surface area (Å²) in [5.41, 5.74) is 0.445. The van der Waals surface area contributed by atoms with Crippen LogP contribution in [0.2, 0.25) is 0 Å². The molecule has 0 radical (unpaired) electrons. The first-order valence-corrected chi connectivity index (χ1v) is 7.35. The van der Waals surface area contributed by atoms with Crippen molar-refractivity contribution in [2.75, 3.05) is 6.61 Å². The Morgan fingerprint density at radius 1 is 1.40 bits per heavy atom. The Kier molecular flexibility index (Phi) is 3.20. The molecule has 3 heteroatoms. The predicted octanol–water partition coefficient (Wildman–Crippen LogP) is 4.15. The van der Waals surface area contributed by atoms with E-state index < -0.39 is 5.82 Å². The summed E-state index contributed by atoms with van der Waals surface area (Å²) in [6.45, 7) is 5.29. The van der Waals surface area contributed by atoms with Crippen LogP contribution in [0.15, 0.2) is 18.2 Å². The Bertz CT molecular complexity index is 559. The van der Waals surface area contributed by atoms with E-state index in [9.17, 15) is 4.39 Å². The Hall–Kier alpha value is -1.56. The predicted molar refractivity (Wildman–Crippen MR) is 74.7 cm³/mol. The molecule has 0 saturated heterocycles. The third-order valence-electron chi connectivity index (χ3n) is 5.54. The summed E-state index contributed by atoms with van der Waals surface area (Å²) < 4.78 is 19.3. The van der Waals surface area contributed by atoms with Gasteiger partial charge in [0.25, 0.3) is 0 Å². The van der Waals surface area contributed by atoms with Crippen LogP contribution in [0, 0.1) is 40.3 Å². The van der Waals surface area contributed by atoms with Crippen molar-refractivity contribution in [3.63, 3.8) is 0 Å². The minimum Gasteiger partial charge on any atom is -0.492 e. The smallest absolute Gasteiger partial charge is 0.144 e. The number of ether oxygens (including phenoxy) is 1. The van der Waals surface area contributed by atoms with Crippen LogP contribution in [0.1, 0.15) is 38.7 Å². The molecule has 20 heavy (non-hydrogen) atoms. The number of hydrogen-bond donors (Lipinski definition) is 0. The molecule has 3 atom stereocenters. The molecule has 4 rings (SSSR count). The first-order valence-electron chi connectivity index (χ1n) is 7.35. The summed E-state index contributed by atoms with van der Waals surface area (Å²) in [5, 5.41) is 9.01. The number of rotatable bonds is 3. The van der Waals surface area contributed by atoms with E-state index in [0.29, 0.717) is 29.6 Å². The van der Waals surface area contributed by atoms with Crippen molar-refractivity contribution in [2.24, 2.45) is 23.2 Å². The molecule has 0 spiro atoms. The summed E-state index contributed by atoms with van der Waals surface area (Å²) in [6, 6.07) is 6.46. The average molecular weight is 273 g/mol. The molecule has 3 fully saturated rings. The SMILES string of the molecule is CC1(C)C2CCC(COc3cccc(F)c3C#N)[C@H]1C2. The van der Waals surface area contributed by atoms with Crippen LogP contribution in [0.25, 0.3) is 0 Å². The normalized spacial score (nSPS) is 30.2. The van der Waals surface area contributed by atoms with Gasteiger partial charge in [0.15, 0.2) is 0 Å². The van der Waals surface area contributed by atoms with E-state index in [0.717, 1.165) is 5.92 Å². The lowest BCUT2D eigenvalue weighted by Gasteiger charge is -2.60. The summed E-state index contributed by atoms with van der Waals surface area (Å²) in [5.74, 6) is 1.99. The van der Waals surface area contributed by atoms with Crippen LogP contribution >= 0.6 is 0 Å². The quantitative estimate of drug-likeness (QED) is 0.829. The van der Waals surface area contributed by atoms with Gasteiger partial charge in [0.2, 0.25) is 0 Å². The molecule has 0 aromatic heterocycles. The number of hydrogen-bond acceptors (Lipinski definition) is 2.